The minimum absolute atomic E-state index is 0.0894. The molecule has 0 spiro atoms. The number of hydrogen-bond acceptors (Lipinski definition) is 3. The van der Waals surface area contributed by atoms with Crippen LogP contribution in [-0.2, 0) is 25.7 Å². The molecule has 0 aliphatic carbocycles. The maximum absolute atomic E-state index is 13.2. The smallest absolute Gasteiger partial charge is 0.331 e. The summed E-state index contributed by atoms with van der Waals surface area (Å²) in [5, 5.41) is 12.7. The Morgan fingerprint density at radius 1 is 1.29 bits per heavy atom. The quantitative estimate of drug-likeness (QED) is 0.842. The summed E-state index contributed by atoms with van der Waals surface area (Å²) in [4.78, 5) is 11.8. The lowest BCUT2D eigenvalue weighted by Gasteiger charge is -2.11. The van der Waals surface area contributed by atoms with Gasteiger partial charge in [0.25, 0.3) is 0 Å². The molecule has 0 unspecified atom stereocenters. The molecule has 24 heavy (non-hydrogen) atoms. The Bertz CT molecular complexity index is 771. The van der Waals surface area contributed by atoms with Crippen molar-refractivity contribution in [3.63, 3.8) is 0 Å². The standard InChI is InChI=1S/C14H13F4N5O/c15-10-4-3-8(6-9(10)14(16,17)18)20-13(24)19-7-12-22-21-11-2-1-5-23(11)12/h3-4,6H,1-2,5,7H2,(H2,19,20,24). The number of nitrogens with zero attached hydrogens (tertiary/aromatic N) is 3. The highest BCUT2D eigenvalue weighted by Gasteiger charge is 2.34. The Hall–Kier alpha value is -2.65. The number of halogens is 4. The predicted octanol–water partition coefficient (Wildman–Crippen LogP) is 2.70. The molecule has 0 bridgehead atoms. The summed E-state index contributed by atoms with van der Waals surface area (Å²) in [6.07, 6.45) is -3.05. The number of fused-ring (bicyclic) bond motifs is 1. The molecule has 128 valence electrons. The summed E-state index contributed by atoms with van der Waals surface area (Å²) in [7, 11) is 0. The van der Waals surface area contributed by atoms with Crippen molar-refractivity contribution in [2.75, 3.05) is 5.32 Å². The van der Waals surface area contributed by atoms with Crippen molar-refractivity contribution in [1.29, 1.82) is 0 Å². The van der Waals surface area contributed by atoms with Gasteiger partial charge in [0.2, 0.25) is 0 Å². The van der Waals surface area contributed by atoms with Crippen LogP contribution >= 0.6 is 0 Å². The predicted molar refractivity (Wildman–Crippen MR) is 75.6 cm³/mol. The van der Waals surface area contributed by atoms with Crippen LogP contribution in [0.1, 0.15) is 23.6 Å². The van der Waals surface area contributed by atoms with Crippen LogP contribution in [-0.4, -0.2) is 20.8 Å². The van der Waals surface area contributed by atoms with Crippen molar-refractivity contribution in [2.24, 2.45) is 0 Å². The van der Waals surface area contributed by atoms with E-state index in [2.05, 4.69) is 20.8 Å². The molecule has 2 aromatic rings. The number of nitrogens with one attached hydrogen (secondary N) is 2. The van der Waals surface area contributed by atoms with Gasteiger partial charge in [-0.3, -0.25) is 0 Å². The van der Waals surface area contributed by atoms with E-state index in [9.17, 15) is 22.4 Å². The van der Waals surface area contributed by atoms with Gasteiger partial charge in [-0.1, -0.05) is 0 Å². The minimum atomic E-state index is -4.83. The van der Waals surface area contributed by atoms with E-state index in [1.54, 1.807) is 0 Å². The molecule has 2 amide bonds. The zero-order valence-electron chi connectivity index (χ0n) is 12.3. The van der Waals surface area contributed by atoms with Crippen molar-refractivity contribution in [1.82, 2.24) is 20.1 Å². The number of carbonyl (C=O) groups is 1. The Kier molecular flexibility index (Phi) is 4.12. The zero-order chi connectivity index (χ0) is 17.3. The summed E-state index contributed by atoms with van der Waals surface area (Å²) >= 11 is 0. The third-order valence-electron chi connectivity index (χ3n) is 3.62. The number of benzene rings is 1. The molecule has 10 heteroatoms. The van der Waals surface area contributed by atoms with Crippen molar-refractivity contribution in [2.45, 2.75) is 32.1 Å². The van der Waals surface area contributed by atoms with Crippen LogP contribution in [0.15, 0.2) is 18.2 Å². The SMILES string of the molecule is O=C(NCc1nnc2n1CCC2)Nc1ccc(F)c(C(F)(F)F)c1. The summed E-state index contributed by atoms with van der Waals surface area (Å²) in [6, 6.07) is 1.54. The molecular formula is C14H13F4N5O. The molecular weight excluding hydrogens is 330 g/mol. The van der Waals surface area contributed by atoms with Crippen LogP contribution in [0, 0.1) is 5.82 Å². The van der Waals surface area contributed by atoms with Gasteiger partial charge in [-0.15, -0.1) is 10.2 Å². The molecule has 3 rings (SSSR count). The molecule has 0 atom stereocenters. The van der Waals surface area contributed by atoms with Crippen molar-refractivity contribution < 1.29 is 22.4 Å². The van der Waals surface area contributed by atoms with Gasteiger partial charge in [-0.2, -0.15) is 13.2 Å². The highest BCUT2D eigenvalue weighted by atomic mass is 19.4. The molecule has 0 fully saturated rings. The van der Waals surface area contributed by atoms with Gasteiger partial charge >= 0.3 is 12.2 Å². The van der Waals surface area contributed by atoms with E-state index >= 15 is 0 Å². The van der Waals surface area contributed by atoms with E-state index < -0.39 is 23.6 Å². The van der Waals surface area contributed by atoms with E-state index in [4.69, 9.17) is 0 Å². The second-order valence-corrected chi connectivity index (χ2v) is 5.29. The second-order valence-electron chi connectivity index (χ2n) is 5.29. The molecule has 1 aliphatic heterocycles. The van der Waals surface area contributed by atoms with E-state index in [-0.39, 0.29) is 12.2 Å². The molecule has 2 N–H and O–H groups in total. The summed E-state index contributed by atoms with van der Waals surface area (Å²) in [5.74, 6) is 0.0285. The average Bonchev–Trinajstić information content (AvgIpc) is 3.09. The lowest BCUT2D eigenvalue weighted by atomic mass is 10.2. The second kappa shape index (κ2) is 6.10. The molecule has 6 nitrogen and oxygen atoms in total. The van der Waals surface area contributed by atoms with Crippen LogP contribution in [0.25, 0.3) is 0 Å². The molecule has 0 saturated heterocycles. The van der Waals surface area contributed by atoms with Crippen molar-refractivity contribution >= 4 is 11.7 Å². The Morgan fingerprint density at radius 3 is 2.83 bits per heavy atom. The summed E-state index contributed by atoms with van der Waals surface area (Å²) in [5.41, 5.74) is -1.59. The molecule has 1 aromatic heterocycles. The number of aryl methyl sites for hydroxylation is 1. The van der Waals surface area contributed by atoms with Crippen LogP contribution in [0.3, 0.4) is 0 Å². The number of rotatable bonds is 3. The maximum Gasteiger partial charge on any atom is 0.419 e. The highest BCUT2D eigenvalue weighted by Crippen LogP contribution is 2.32. The monoisotopic (exact) mass is 343 g/mol. The highest BCUT2D eigenvalue weighted by molar-refractivity contribution is 5.89. The van der Waals surface area contributed by atoms with E-state index in [1.165, 1.54) is 0 Å². The number of alkyl halides is 3. The first kappa shape index (κ1) is 16.2. The number of anilines is 1. The largest absolute Gasteiger partial charge is 0.419 e. The van der Waals surface area contributed by atoms with Crippen LogP contribution in [0.5, 0.6) is 0 Å². The van der Waals surface area contributed by atoms with Gasteiger partial charge in [-0.25, -0.2) is 9.18 Å². The Morgan fingerprint density at radius 2 is 2.08 bits per heavy atom. The van der Waals surface area contributed by atoms with E-state index in [1.807, 2.05) is 4.57 Å². The third kappa shape index (κ3) is 3.31. The minimum Gasteiger partial charge on any atom is -0.331 e. The van der Waals surface area contributed by atoms with Crippen LogP contribution in [0.4, 0.5) is 28.0 Å². The van der Waals surface area contributed by atoms with Gasteiger partial charge < -0.3 is 15.2 Å². The van der Waals surface area contributed by atoms with Gasteiger partial charge in [0.15, 0.2) is 5.82 Å². The molecule has 0 saturated carbocycles. The van der Waals surface area contributed by atoms with Gasteiger partial charge in [-0.05, 0) is 24.6 Å². The molecule has 1 aromatic carbocycles. The first-order valence-corrected chi connectivity index (χ1v) is 7.17. The first-order valence-electron chi connectivity index (χ1n) is 7.17. The molecule has 2 heterocycles. The van der Waals surface area contributed by atoms with E-state index in [0.717, 1.165) is 31.3 Å². The average molecular weight is 343 g/mol. The van der Waals surface area contributed by atoms with Gasteiger partial charge in [0.05, 0.1) is 12.1 Å². The summed E-state index contributed by atoms with van der Waals surface area (Å²) in [6.45, 7) is 0.861. The number of hydrogen-bond donors (Lipinski definition) is 2. The maximum atomic E-state index is 13.2. The van der Waals surface area contributed by atoms with E-state index in [0.29, 0.717) is 18.0 Å². The fraction of sp³-hybridized carbons (Fsp3) is 0.357. The van der Waals surface area contributed by atoms with Gasteiger partial charge in [0, 0.05) is 18.7 Å². The fourth-order valence-corrected chi connectivity index (χ4v) is 2.50. The topological polar surface area (TPSA) is 71.8 Å². The van der Waals surface area contributed by atoms with Crippen molar-refractivity contribution in [3.8, 4) is 0 Å². The number of urea groups is 1. The normalized spacial score (nSPS) is 13.7. The lowest BCUT2D eigenvalue weighted by molar-refractivity contribution is -0.139. The Balaban J connectivity index is 1.63. The van der Waals surface area contributed by atoms with Crippen LogP contribution in [0.2, 0.25) is 0 Å². The number of carbonyl (C=O) groups excluding carboxylic acids is 1. The van der Waals surface area contributed by atoms with Crippen molar-refractivity contribution in [3.05, 3.63) is 41.2 Å². The fourth-order valence-electron chi connectivity index (χ4n) is 2.50. The zero-order valence-corrected chi connectivity index (χ0v) is 12.3. The Labute approximate surface area is 133 Å². The van der Waals surface area contributed by atoms with Gasteiger partial charge in [0.1, 0.15) is 11.6 Å². The first-order chi connectivity index (χ1) is 11.3. The van der Waals surface area contributed by atoms with Crippen LogP contribution < -0.4 is 10.6 Å². The number of aromatic nitrogens is 3. The third-order valence-corrected chi connectivity index (χ3v) is 3.62. The lowest BCUT2D eigenvalue weighted by Crippen LogP contribution is -2.29. The summed E-state index contributed by atoms with van der Waals surface area (Å²) < 4.78 is 53.0. The molecule has 0 radical (unpaired) electrons. The molecule has 1 aliphatic rings. The number of amides is 2.